The van der Waals surface area contributed by atoms with E-state index in [0.717, 1.165) is 47.9 Å². The van der Waals surface area contributed by atoms with Gasteiger partial charge in [-0.05, 0) is 75.4 Å². The summed E-state index contributed by atoms with van der Waals surface area (Å²) in [6, 6.07) is 20.8. The predicted octanol–water partition coefficient (Wildman–Crippen LogP) is 5.28. The Hall–Kier alpha value is -3.65. The van der Waals surface area contributed by atoms with Crippen molar-refractivity contribution in [3.63, 3.8) is 0 Å². The van der Waals surface area contributed by atoms with Crippen LogP contribution in [0.1, 0.15) is 54.9 Å². The fourth-order valence-corrected chi connectivity index (χ4v) is 6.58. The molecule has 0 aliphatic heterocycles. The summed E-state index contributed by atoms with van der Waals surface area (Å²) in [6.45, 7) is 7.11. The number of nitrogens with zero attached hydrogens (tertiary/aromatic N) is 2. The number of rotatable bonds is 10. The molecule has 40 heavy (non-hydrogen) atoms. The Kier molecular flexibility index (Phi) is 9.30. The second-order valence-corrected chi connectivity index (χ2v) is 12.6. The van der Waals surface area contributed by atoms with Gasteiger partial charge in [0.1, 0.15) is 12.6 Å². The lowest BCUT2D eigenvalue weighted by Gasteiger charge is -2.33. The van der Waals surface area contributed by atoms with E-state index >= 15 is 0 Å². The minimum absolute atomic E-state index is 0.105. The average molecular weight is 562 g/mol. The van der Waals surface area contributed by atoms with Crippen molar-refractivity contribution in [2.24, 2.45) is 0 Å². The number of carbonyl (C=O) groups excluding carboxylic acids is 2. The van der Waals surface area contributed by atoms with E-state index in [1.54, 1.807) is 43.3 Å². The van der Waals surface area contributed by atoms with Crippen LogP contribution in [0.25, 0.3) is 0 Å². The van der Waals surface area contributed by atoms with Gasteiger partial charge in [0.05, 0.1) is 10.6 Å². The molecule has 1 saturated carbocycles. The lowest BCUT2D eigenvalue weighted by atomic mass is 10.1. The Morgan fingerprint density at radius 2 is 1.55 bits per heavy atom. The third kappa shape index (κ3) is 6.73. The summed E-state index contributed by atoms with van der Waals surface area (Å²) in [7, 11) is -4.09. The minimum Gasteiger partial charge on any atom is -0.352 e. The van der Waals surface area contributed by atoms with Crippen LogP contribution in [0.5, 0.6) is 0 Å². The fraction of sp³-hybridized carbons (Fsp3) is 0.375. The molecule has 4 rings (SSSR count). The maximum atomic E-state index is 14.1. The molecular formula is C32H39N3O4S. The van der Waals surface area contributed by atoms with E-state index in [1.165, 1.54) is 9.21 Å². The summed E-state index contributed by atoms with van der Waals surface area (Å²) >= 11 is 0. The summed E-state index contributed by atoms with van der Waals surface area (Å²) < 4.78 is 29.3. The Bertz CT molecular complexity index is 1430. The first kappa shape index (κ1) is 29.3. The smallest absolute Gasteiger partial charge is 0.264 e. The zero-order chi connectivity index (χ0) is 28.9. The van der Waals surface area contributed by atoms with Crippen molar-refractivity contribution in [3.05, 3.63) is 95.1 Å². The van der Waals surface area contributed by atoms with Crippen LogP contribution < -0.4 is 9.62 Å². The molecule has 0 radical (unpaired) electrons. The molecule has 3 aromatic rings. The van der Waals surface area contributed by atoms with Gasteiger partial charge < -0.3 is 10.2 Å². The monoisotopic (exact) mass is 561 g/mol. The number of sulfonamides is 1. The first-order chi connectivity index (χ1) is 19.1. The highest BCUT2D eigenvalue weighted by molar-refractivity contribution is 7.92. The van der Waals surface area contributed by atoms with Crippen molar-refractivity contribution in [2.45, 2.75) is 76.9 Å². The van der Waals surface area contributed by atoms with Crippen molar-refractivity contribution < 1.29 is 18.0 Å². The molecule has 3 aromatic carbocycles. The van der Waals surface area contributed by atoms with Gasteiger partial charge in [0.15, 0.2) is 0 Å². The lowest BCUT2D eigenvalue weighted by Crippen LogP contribution is -2.52. The minimum atomic E-state index is -4.09. The number of anilines is 1. The van der Waals surface area contributed by atoms with Crippen LogP contribution >= 0.6 is 0 Å². The molecule has 1 N–H and O–H groups in total. The molecule has 212 valence electrons. The fourth-order valence-electron chi connectivity index (χ4n) is 5.11. The molecule has 8 heteroatoms. The number of aryl methyl sites for hydroxylation is 2. The maximum absolute atomic E-state index is 14.1. The van der Waals surface area contributed by atoms with E-state index in [4.69, 9.17) is 0 Å². The zero-order valence-electron chi connectivity index (χ0n) is 23.8. The van der Waals surface area contributed by atoms with Crippen LogP contribution in [0.2, 0.25) is 0 Å². The number of carbonyl (C=O) groups is 2. The molecule has 1 fully saturated rings. The molecule has 0 bridgehead atoms. The molecule has 0 heterocycles. The Morgan fingerprint density at radius 3 is 2.20 bits per heavy atom. The first-order valence-electron chi connectivity index (χ1n) is 13.9. The third-order valence-electron chi connectivity index (χ3n) is 7.80. The van der Waals surface area contributed by atoms with E-state index in [0.29, 0.717) is 5.69 Å². The van der Waals surface area contributed by atoms with Gasteiger partial charge in [-0.1, -0.05) is 73.0 Å². The number of nitrogens with one attached hydrogen (secondary N) is 1. The van der Waals surface area contributed by atoms with Gasteiger partial charge in [0.25, 0.3) is 10.0 Å². The molecule has 0 spiro atoms. The van der Waals surface area contributed by atoms with Crippen LogP contribution in [-0.2, 0) is 26.2 Å². The Morgan fingerprint density at radius 1 is 0.900 bits per heavy atom. The van der Waals surface area contributed by atoms with Gasteiger partial charge >= 0.3 is 0 Å². The largest absolute Gasteiger partial charge is 0.352 e. The maximum Gasteiger partial charge on any atom is 0.264 e. The van der Waals surface area contributed by atoms with Crippen molar-refractivity contribution >= 4 is 27.5 Å². The van der Waals surface area contributed by atoms with E-state index in [2.05, 4.69) is 5.32 Å². The number of hydrogen-bond acceptors (Lipinski definition) is 4. The molecule has 2 amide bonds. The topological polar surface area (TPSA) is 86.8 Å². The summed E-state index contributed by atoms with van der Waals surface area (Å²) in [6.07, 6.45) is 4.02. The van der Waals surface area contributed by atoms with Gasteiger partial charge in [0.2, 0.25) is 11.8 Å². The molecular weight excluding hydrogens is 522 g/mol. The highest BCUT2D eigenvalue weighted by atomic mass is 32.2. The van der Waals surface area contributed by atoms with Gasteiger partial charge in [-0.25, -0.2) is 8.42 Å². The molecule has 0 saturated heterocycles. The van der Waals surface area contributed by atoms with Crippen molar-refractivity contribution in [1.82, 2.24) is 10.2 Å². The first-order valence-corrected chi connectivity index (χ1v) is 15.3. The van der Waals surface area contributed by atoms with E-state index in [9.17, 15) is 18.0 Å². The SMILES string of the molecule is Cc1ccc(S(=O)(=O)N(CC(=O)N(Cc2ccccc2)C(C)C(=O)NC2CCCC2)c2cccc(C)c2C)cc1. The van der Waals surface area contributed by atoms with Crippen LogP contribution in [0.3, 0.4) is 0 Å². The van der Waals surface area contributed by atoms with Gasteiger partial charge in [-0.2, -0.15) is 0 Å². The molecule has 1 aliphatic carbocycles. The normalized spacial score (nSPS) is 14.5. The summed E-state index contributed by atoms with van der Waals surface area (Å²) in [5, 5.41) is 3.10. The second kappa shape index (κ2) is 12.7. The number of benzene rings is 3. The molecule has 0 aromatic heterocycles. The standard InChI is InChI=1S/C32H39N3O4S/c1-23-17-19-29(20-18-23)40(38,39)35(30-16-10-11-24(2)25(30)3)22-31(36)34(21-27-12-6-5-7-13-27)26(4)32(37)33-28-14-8-9-15-28/h5-7,10-13,16-20,26,28H,8-9,14-15,21-22H2,1-4H3,(H,33,37). The molecule has 1 atom stereocenters. The number of amides is 2. The zero-order valence-corrected chi connectivity index (χ0v) is 24.6. The van der Waals surface area contributed by atoms with Crippen LogP contribution in [-0.4, -0.2) is 43.8 Å². The van der Waals surface area contributed by atoms with Crippen molar-refractivity contribution in [3.8, 4) is 0 Å². The van der Waals surface area contributed by atoms with Crippen LogP contribution in [0.4, 0.5) is 5.69 Å². The van der Waals surface area contributed by atoms with Crippen molar-refractivity contribution in [2.75, 3.05) is 10.8 Å². The van der Waals surface area contributed by atoms with Crippen LogP contribution in [0, 0.1) is 20.8 Å². The van der Waals surface area contributed by atoms with Gasteiger partial charge in [-0.3, -0.25) is 13.9 Å². The summed E-state index contributed by atoms with van der Waals surface area (Å²) in [4.78, 5) is 29.0. The second-order valence-electron chi connectivity index (χ2n) is 10.7. The van der Waals surface area contributed by atoms with E-state index in [-0.39, 0.29) is 23.4 Å². The van der Waals surface area contributed by atoms with Crippen LogP contribution in [0.15, 0.2) is 77.7 Å². The number of hydrogen-bond donors (Lipinski definition) is 1. The average Bonchev–Trinajstić information content (AvgIpc) is 3.45. The quantitative estimate of drug-likeness (QED) is 0.365. The highest BCUT2D eigenvalue weighted by Gasteiger charge is 2.34. The summed E-state index contributed by atoms with van der Waals surface area (Å²) in [5.41, 5.74) is 3.92. The molecule has 1 unspecified atom stereocenters. The Labute approximate surface area is 238 Å². The molecule has 1 aliphatic rings. The lowest BCUT2D eigenvalue weighted by molar-refractivity contribution is -0.139. The summed E-state index contributed by atoms with van der Waals surface area (Å²) in [5.74, 6) is -0.676. The third-order valence-corrected chi connectivity index (χ3v) is 9.57. The molecule has 7 nitrogen and oxygen atoms in total. The Balaban J connectivity index is 1.71. The van der Waals surface area contributed by atoms with Crippen molar-refractivity contribution in [1.29, 1.82) is 0 Å². The van der Waals surface area contributed by atoms with Gasteiger partial charge in [-0.15, -0.1) is 0 Å². The predicted molar refractivity (Wildman–Crippen MR) is 158 cm³/mol. The van der Waals surface area contributed by atoms with Gasteiger partial charge in [0, 0.05) is 12.6 Å². The van der Waals surface area contributed by atoms with E-state index < -0.39 is 28.5 Å². The van der Waals surface area contributed by atoms with E-state index in [1.807, 2.05) is 57.2 Å². The highest BCUT2D eigenvalue weighted by Crippen LogP contribution is 2.29.